The Morgan fingerprint density at radius 1 is 1.31 bits per heavy atom. The topological polar surface area (TPSA) is 37.0 Å². The van der Waals surface area contributed by atoms with E-state index in [1.807, 2.05) is 0 Å². The van der Waals surface area contributed by atoms with Crippen LogP contribution in [0.1, 0.15) is 17.2 Å². The molecule has 2 N–H and O–H groups in total. The highest BCUT2D eigenvalue weighted by atomic mass is 19.4. The van der Waals surface area contributed by atoms with Gasteiger partial charge in [-0.05, 0) is 6.07 Å². The molecule has 0 aliphatic carbocycles. The molecule has 1 aromatic heterocycles. The quantitative estimate of drug-likeness (QED) is 0.765. The fraction of sp³-hybridized carbons (Fsp3) is 0.500. The molecule has 1 fully saturated rings. The summed E-state index contributed by atoms with van der Waals surface area (Å²) in [6, 6.07) is 0.699. The minimum absolute atomic E-state index is 0.210. The van der Waals surface area contributed by atoms with Crippen LogP contribution in [0.15, 0.2) is 18.5 Å². The van der Waals surface area contributed by atoms with E-state index in [1.54, 1.807) is 0 Å². The Balaban J connectivity index is 2.32. The lowest BCUT2D eigenvalue weighted by Crippen LogP contribution is -2.43. The molecule has 88 valence electrons. The van der Waals surface area contributed by atoms with Crippen molar-refractivity contribution in [3.63, 3.8) is 0 Å². The van der Waals surface area contributed by atoms with E-state index in [9.17, 15) is 13.2 Å². The third-order valence-corrected chi connectivity index (χ3v) is 2.57. The molecule has 2 heterocycles. The Kier molecular flexibility index (Phi) is 3.11. The number of nitrogens with one attached hydrogen (secondary N) is 2. The van der Waals surface area contributed by atoms with Gasteiger partial charge in [-0.25, -0.2) is 0 Å². The maximum Gasteiger partial charge on any atom is 0.416 e. The van der Waals surface area contributed by atoms with Gasteiger partial charge in [0, 0.05) is 43.6 Å². The number of halogens is 3. The summed E-state index contributed by atoms with van der Waals surface area (Å²) in [5.74, 6) is 0. The van der Waals surface area contributed by atoms with Crippen LogP contribution in [0.5, 0.6) is 0 Å². The summed E-state index contributed by atoms with van der Waals surface area (Å²) >= 11 is 0. The molecular weight excluding hydrogens is 219 g/mol. The van der Waals surface area contributed by atoms with Crippen molar-refractivity contribution >= 4 is 0 Å². The molecule has 0 amide bonds. The van der Waals surface area contributed by atoms with Crippen molar-refractivity contribution in [1.29, 1.82) is 0 Å². The number of aromatic nitrogens is 1. The lowest BCUT2D eigenvalue weighted by Gasteiger charge is -2.26. The fourth-order valence-electron chi connectivity index (χ4n) is 1.82. The number of piperazine rings is 1. The molecular formula is C10H12F3N3. The smallest absolute Gasteiger partial charge is 0.314 e. The van der Waals surface area contributed by atoms with Crippen LogP contribution in [0.3, 0.4) is 0 Å². The monoisotopic (exact) mass is 231 g/mol. The van der Waals surface area contributed by atoms with Crippen molar-refractivity contribution in [1.82, 2.24) is 15.6 Å². The second kappa shape index (κ2) is 4.39. The Bertz CT molecular complexity index is 359. The summed E-state index contributed by atoms with van der Waals surface area (Å²) in [6.45, 7) is 1.93. The number of hydrogen-bond acceptors (Lipinski definition) is 3. The first kappa shape index (κ1) is 11.3. The summed E-state index contributed by atoms with van der Waals surface area (Å²) in [6.07, 6.45) is -1.87. The predicted octanol–water partition coefficient (Wildman–Crippen LogP) is 1.33. The molecule has 0 radical (unpaired) electrons. The molecule has 0 spiro atoms. The predicted molar refractivity (Wildman–Crippen MR) is 52.9 cm³/mol. The highest BCUT2D eigenvalue weighted by Crippen LogP contribution is 2.34. The third-order valence-electron chi connectivity index (χ3n) is 2.57. The molecule has 1 unspecified atom stereocenters. The zero-order chi connectivity index (χ0) is 11.6. The summed E-state index contributed by atoms with van der Waals surface area (Å²) in [4.78, 5) is 3.77. The van der Waals surface area contributed by atoms with E-state index in [1.165, 1.54) is 12.4 Å². The van der Waals surface area contributed by atoms with Gasteiger partial charge in [0.05, 0.1) is 5.56 Å². The van der Waals surface area contributed by atoms with Crippen molar-refractivity contribution in [3.05, 3.63) is 29.6 Å². The van der Waals surface area contributed by atoms with Crippen LogP contribution in [0.2, 0.25) is 0 Å². The van der Waals surface area contributed by atoms with Crippen LogP contribution >= 0.6 is 0 Å². The first-order valence-electron chi connectivity index (χ1n) is 5.04. The summed E-state index contributed by atoms with van der Waals surface area (Å²) < 4.78 is 38.2. The fourth-order valence-corrected chi connectivity index (χ4v) is 1.82. The lowest BCUT2D eigenvalue weighted by atomic mass is 10.0. The van der Waals surface area contributed by atoms with E-state index < -0.39 is 11.7 Å². The molecule has 6 heteroatoms. The van der Waals surface area contributed by atoms with Gasteiger partial charge in [-0.15, -0.1) is 0 Å². The van der Waals surface area contributed by atoms with Crippen molar-refractivity contribution in [3.8, 4) is 0 Å². The molecule has 1 aliphatic heterocycles. The van der Waals surface area contributed by atoms with Crippen LogP contribution in [-0.2, 0) is 6.18 Å². The SMILES string of the molecule is FC(F)(F)c1ccncc1C1CNCCN1. The van der Waals surface area contributed by atoms with Gasteiger partial charge in [-0.3, -0.25) is 4.98 Å². The van der Waals surface area contributed by atoms with E-state index in [0.717, 1.165) is 12.6 Å². The highest BCUT2D eigenvalue weighted by Gasteiger charge is 2.35. The van der Waals surface area contributed by atoms with Crippen molar-refractivity contribution in [2.75, 3.05) is 19.6 Å². The van der Waals surface area contributed by atoms with Crippen LogP contribution < -0.4 is 10.6 Å². The van der Waals surface area contributed by atoms with Gasteiger partial charge in [0.25, 0.3) is 0 Å². The average molecular weight is 231 g/mol. The molecule has 1 aromatic rings. The second-order valence-electron chi connectivity index (χ2n) is 3.67. The molecule has 0 bridgehead atoms. The molecule has 1 atom stereocenters. The van der Waals surface area contributed by atoms with E-state index >= 15 is 0 Å². The summed E-state index contributed by atoms with van der Waals surface area (Å²) in [7, 11) is 0. The minimum atomic E-state index is -4.32. The van der Waals surface area contributed by atoms with Crippen molar-refractivity contribution in [2.24, 2.45) is 0 Å². The van der Waals surface area contributed by atoms with Gasteiger partial charge in [-0.1, -0.05) is 0 Å². The third kappa shape index (κ3) is 2.33. The van der Waals surface area contributed by atoms with Crippen molar-refractivity contribution < 1.29 is 13.2 Å². The van der Waals surface area contributed by atoms with Gasteiger partial charge in [0.2, 0.25) is 0 Å². The maximum atomic E-state index is 12.7. The van der Waals surface area contributed by atoms with Crippen molar-refractivity contribution in [2.45, 2.75) is 12.2 Å². The van der Waals surface area contributed by atoms with E-state index in [2.05, 4.69) is 15.6 Å². The molecule has 3 nitrogen and oxygen atoms in total. The molecule has 0 saturated carbocycles. The number of nitrogens with zero attached hydrogens (tertiary/aromatic N) is 1. The van der Waals surface area contributed by atoms with Crippen LogP contribution in [0.4, 0.5) is 13.2 Å². The molecule has 0 aromatic carbocycles. The van der Waals surface area contributed by atoms with E-state index in [0.29, 0.717) is 13.1 Å². The Morgan fingerprint density at radius 2 is 2.12 bits per heavy atom. The summed E-state index contributed by atoms with van der Waals surface area (Å²) in [5.41, 5.74) is -0.397. The summed E-state index contributed by atoms with van der Waals surface area (Å²) in [5, 5.41) is 6.10. The largest absolute Gasteiger partial charge is 0.416 e. The lowest BCUT2D eigenvalue weighted by molar-refractivity contribution is -0.138. The number of alkyl halides is 3. The van der Waals surface area contributed by atoms with E-state index in [-0.39, 0.29) is 11.6 Å². The molecule has 1 aliphatic rings. The Hall–Kier alpha value is -1.14. The van der Waals surface area contributed by atoms with Gasteiger partial charge < -0.3 is 10.6 Å². The van der Waals surface area contributed by atoms with Crippen LogP contribution in [-0.4, -0.2) is 24.6 Å². The molecule has 2 rings (SSSR count). The zero-order valence-corrected chi connectivity index (χ0v) is 8.51. The van der Waals surface area contributed by atoms with Gasteiger partial charge in [-0.2, -0.15) is 13.2 Å². The molecule has 16 heavy (non-hydrogen) atoms. The van der Waals surface area contributed by atoms with Crippen LogP contribution in [0, 0.1) is 0 Å². The zero-order valence-electron chi connectivity index (χ0n) is 8.51. The Morgan fingerprint density at radius 3 is 2.75 bits per heavy atom. The number of hydrogen-bond donors (Lipinski definition) is 2. The average Bonchev–Trinajstić information content (AvgIpc) is 2.29. The number of pyridine rings is 1. The molecule has 1 saturated heterocycles. The highest BCUT2D eigenvalue weighted by molar-refractivity contribution is 5.29. The van der Waals surface area contributed by atoms with E-state index in [4.69, 9.17) is 0 Å². The van der Waals surface area contributed by atoms with Crippen LogP contribution in [0.25, 0.3) is 0 Å². The van der Waals surface area contributed by atoms with Gasteiger partial charge in [0.1, 0.15) is 0 Å². The maximum absolute atomic E-state index is 12.7. The van der Waals surface area contributed by atoms with Gasteiger partial charge >= 0.3 is 6.18 Å². The standard InChI is InChI=1S/C10H12F3N3/c11-10(12,13)8-1-2-14-5-7(8)9-6-15-3-4-16-9/h1-2,5,9,15-16H,3-4,6H2. The van der Waals surface area contributed by atoms with Gasteiger partial charge in [0.15, 0.2) is 0 Å². The first-order chi connectivity index (χ1) is 7.59. The normalized spacial score (nSPS) is 22.1. The number of rotatable bonds is 1. The second-order valence-corrected chi connectivity index (χ2v) is 3.67. The minimum Gasteiger partial charge on any atom is -0.314 e. The first-order valence-corrected chi connectivity index (χ1v) is 5.04. The Labute approximate surface area is 91.1 Å².